The summed E-state index contributed by atoms with van der Waals surface area (Å²) in [4.78, 5) is 17.3. The van der Waals surface area contributed by atoms with Gasteiger partial charge in [-0.2, -0.15) is 0 Å². The van der Waals surface area contributed by atoms with E-state index >= 15 is 0 Å². The van der Waals surface area contributed by atoms with Gasteiger partial charge in [0.2, 0.25) is 0 Å². The summed E-state index contributed by atoms with van der Waals surface area (Å²) in [6, 6.07) is 12.5. The number of carbonyl (C=O) groups is 1. The Bertz CT molecular complexity index is 818. The van der Waals surface area contributed by atoms with Crippen LogP contribution in [0.1, 0.15) is 41.1 Å². The molecule has 148 valence electrons. The molecular formula is C23H26F2N2O. The molecule has 2 atom stereocenters. The van der Waals surface area contributed by atoms with Crippen LogP contribution in [0.4, 0.5) is 8.78 Å². The Morgan fingerprint density at radius 2 is 1.68 bits per heavy atom. The number of amides is 1. The number of hydrogen-bond acceptors (Lipinski definition) is 2. The zero-order valence-electron chi connectivity index (χ0n) is 16.0. The van der Waals surface area contributed by atoms with E-state index in [-0.39, 0.29) is 17.6 Å². The van der Waals surface area contributed by atoms with Gasteiger partial charge in [0.05, 0.1) is 0 Å². The Morgan fingerprint density at radius 3 is 2.39 bits per heavy atom. The van der Waals surface area contributed by atoms with E-state index in [9.17, 15) is 13.6 Å². The zero-order valence-corrected chi connectivity index (χ0v) is 16.0. The summed E-state index contributed by atoms with van der Waals surface area (Å²) in [5, 5.41) is 0. The van der Waals surface area contributed by atoms with Gasteiger partial charge in [0, 0.05) is 31.1 Å². The maximum Gasteiger partial charge on any atom is 0.253 e. The number of hydrogen-bond donors (Lipinski definition) is 0. The third-order valence-electron chi connectivity index (χ3n) is 6.04. The van der Waals surface area contributed by atoms with Crippen molar-refractivity contribution < 1.29 is 13.6 Å². The summed E-state index contributed by atoms with van der Waals surface area (Å²) in [6.07, 6.45) is 3.73. The quantitative estimate of drug-likeness (QED) is 0.784. The monoisotopic (exact) mass is 384 g/mol. The van der Waals surface area contributed by atoms with Gasteiger partial charge in [-0.15, -0.1) is 0 Å². The highest BCUT2D eigenvalue weighted by atomic mass is 19.1. The summed E-state index contributed by atoms with van der Waals surface area (Å²) >= 11 is 0. The fourth-order valence-corrected chi connectivity index (χ4v) is 4.59. The molecule has 2 aromatic rings. The van der Waals surface area contributed by atoms with Crippen molar-refractivity contribution in [2.24, 2.45) is 5.92 Å². The largest absolute Gasteiger partial charge is 0.338 e. The van der Waals surface area contributed by atoms with Gasteiger partial charge in [-0.3, -0.25) is 4.79 Å². The smallest absolute Gasteiger partial charge is 0.253 e. The molecule has 2 heterocycles. The number of likely N-dealkylation sites (tertiary alicyclic amines) is 2. The van der Waals surface area contributed by atoms with Gasteiger partial charge in [-0.05, 0) is 67.7 Å². The van der Waals surface area contributed by atoms with E-state index in [0.717, 1.165) is 25.2 Å². The molecule has 2 aliphatic rings. The SMILES string of the molecule is O=C(c1cccc(F)c1)N1CC(CN2CCCCC2)C(c2ccc(F)cc2)C1. The van der Waals surface area contributed by atoms with Gasteiger partial charge in [-0.25, -0.2) is 8.78 Å². The molecule has 0 N–H and O–H groups in total. The number of carbonyl (C=O) groups excluding carboxylic acids is 1. The molecule has 2 aliphatic heterocycles. The van der Waals surface area contributed by atoms with Gasteiger partial charge in [0.15, 0.2) is 0 Å². The van der Waals surface area contributed by atoms with Gasteiger partial charge < -0.3 is 9.80 Å². The molecule has 2 unspecified atom stereocenters. The normalized spacial score (nSPS) is 23.1. The van der Waals surface area contributed by atoms with Gasteiger partial charge in [0.25, 0.3) is 5.91 Å². The number of nitrogens with zero attached hydrogens (tertiary/aromatic N) is 2. The Morgan fingerprint density at radius 1 is 0.929 bits per heavy atom. The second-order valence-electron chi connectivity index (χ2n) is 8.00. The van der Waals surface area contributed by atoms with Crippen LogP contribution in [-0.2, 0) is 0 Å². The first-order chi connectivity index (χ1) is 13.6. The topological polar surface area (TPSA) is 23.6 Å². The van der Waals surface area contributed by atoms with Crippen LogP contribution in [-0.4, -0.2) is 48.4 Å². The summed E-state index contributed by atoms with van der Waals surface area (Å²) < 4.78 is 27.0. The Balaban J connectivity index is 1.55. The molecule has 1 amide bonds. The van der Waals surface area contributed by atoms with Gasteiger partial charge in [-0.1, -0.05) is 24.6 Å². The van der Waals surface area contributed by atoms with Crippen molar-refractivity contribution in [2.45, 2.75) is 25.2 Å². The molecule has 3 nitrogen and oxygen atoms in total. The average Bonchev–Trinajstić information content (AvgIpc) is 3.12. The van der Waals surface area contributed by atoms with Crippen LogP contribution < -0.4 is 0 Å². The number of halogens is 2. The fourth-order valence-electron chi connectivity index (χ4n) is 4.59. The van der Waals surface area contributed by atoms with Crippen molar-refractivity contribution in [3.63, 3.8) is 0 Å². The van der Waals surface area contributed by atoms with Crippen LogP contribution in [0, 0.1) is 17.6 Å². The van der Waals surface area contributed by atoms with Crippen molar-refractivity contribution in [2.75, 3.05) is 32.7 Å². The molecule has 2 saturated heterocycles. The molecule has 0 aromatic heterocycles. The third-order valence-corrected chi connectivity index (χ3v) is 6.04. The maximum absolute atomic E-state index is 13.6. The van der Waals surface area contributed by atoms with E-state index in [1.807, 2.05) is 17.0 Å². The van der Waals surface area contributed by atoms with Gasteiger partial charge in [0.1, 0.15) is 11.6 Å². The average molecular weight is 384 g/mol. The molecule has 0 spiro atoms. The second-order valence-corrected chi connectivity index (χ2v) is 8.00. The minimum absolute atomic E-state index is 0.132. The summed E-state index contributed by atoms with van der Waals surface area (Å²) in [6.45, 7) is 4.37. The minimum Gasteiger partial charge on any atom is -0.338 e. The van der Waals surface area contributed by atoms with E-state index in [2.05, 4.69) is 4.90 Å². The van der Waals surface area contributed by atoms with Crippen molar-refractivity contribution in [1.82, 2.24) is 9.80 Å². The Hall–Kier alpha value is -2.27. The highest BCUT2D eigenvalue weighted by Crippen LogP contribution is 2.34. The molecular weight excluding hydrogens is 358 g/mol. The molecule has 2 aromatic carbocycles. The van der Waals surface area contributed by atoms with Crippen molar-refractivity contribution >= 4 is 5.91 Å². The fraction of sp³-hybridized carbons (Fsp3) is 0.435. The lowest BCUT2D eigenvalue weighted by Crippen LogP contribution is -2.36. The Kier molecular flexibility index (Phi) is 5.72. The molecule has 2 fully saturated rings. The van der Waals surface area contributed by atoms with E-state index in [1.165, 1.54) is 43.5 Å². The summed E-state index contributed by atoms with van der Waals surface area (Å²) in [7, 11) is 0. The maximum atomic E-state index is 13.6. The van der Waals surface area contributed by atoms with Gasteiger partial charge >= 0.3 is 0 Å². The highest BCUT2D eigenvalue weighted by Gasteiger charge is 2.37. The minimum atomic E-state index is -0.398. The molecule has 5 heteroatoms. The molecule has 0 saturated carbocycles. The van der Waals surface area contributed by atoms with Crippen molar-refractivity contribution in [3.05, 3.63) is 71.3 Å². The van der Waals surface area contributed by atoms with E-state index in [1.54, 1.807) is 12.1 Å². The number of benzene rings is 2. The number of piperidine rings is 1. The van der Waals surface area contributed by atoms with Crippen LogP contribution in [0.25, 0.3) is 0 Å². The lowest BCUT2D eigenvalue weighted by Gasteiger charge is -2.31. The first-order valence-electron chi connectivity index (χ1n) is 10.1. The van der Waals surface area contributed by atoms with Crippen molar-refractivity contribution in [3.8, 4) is 0 Å². The summed E-state index contributed by atoms with van der Waals surface area (Å²) in [5.41, 5.74) is 1.45. The van der Waals surface area contributed by atoms with Crippen LogP contribution in [0.5, 0.6) is 0 Å². The molecule has 0 bridgehead atoms. The summed E-state index contributed by atoms with van der Waals surface area (Å²) in [5.74, 6) is -0.319. The standard InChI is InChI=1S/C23H26F2N2O/c24-20-9-7-17(8-10-20)22-16-27(23(28)18-5-4-6-21(25)13-18)15-19(22)14-26-11-2-1-3-12-26/h4-10,13,19,22H,1-3,11-12,14-16H2. The third kappa shape index (κ3) is 4.25. The Labute approximate surface area is 165 Å². The van der Waals surface area contributed by atoms with Crippen LogP contribution >= 0.6 is 0 Å². The first-order valence-corrected chi connectivity index (χ1v) is 10.1. The molecule has 28 heavy (non-hydrogen) atoms. The van der Waals surface area contributed by atoms with Crippen LogP contribution in [0.3, 0.4) is 0 Å². The predicted molar refractivity (Wildman–Crippen MR) is 105 cm³/mol. The second kappa shape index (κ2) is 8.39. The van der Waals surface area contributed by atoms with E-state index < -0.39 is 5.82 Å². The predicted octanol–water partition coefficient (Wildman–Crippen LogP) is 4.31. The zero-order chi connectivity index (χ0) is 19.5. The molecule has 0 radical (unpaired) electrons. The van der Waals surface area contributed by atoms with E-state index in [4.69, 9.17) is 0 Å². The number of rotatable bonds is 4. The highest BCUT2D eigenvalue weighted by molar-refractivity contribution is 5.94. The molecule has 0 aliphatic carbocycles. The lowest BCUT2D eigenvalue weighted by molar-refractivity contribution is 0.0781. The van der Waals surface area contributed by atoms with Crippen molar-refractivity contribution in [1.29, 1.82) is 0 Å². The first kappa shape index (κ1) is 19.1. The van der Waals surface area contributed by atoms with Crippen LogP contribution in [0.15, 0.2) is 48.5 Å². The van der Waals surface area contributed by atoms with Crippen LogP contribution in [0.2, 0.25) is 0 Å². The lowest BCUT2D eigenvalue weighted by atomic mass is 9.88. The molecule has 4 rings (SSSR count). The van der Waals surface area contributed by atoms with E-state index in [0.29, 0.717) is 24.6 Å².